The fourth-order valence-electron chi connectivity index (χ4n) is 1.95. The predicted octanol–water partition coefficient (Wildman–Crippen LogP) is 3.71. The molecular weight excluding hydrogens is 303 g/mol. The third kappa shape index (κ3) is 3.00. The van der Waals surface area contributed by atoms with Crippen LogP contribution in [0, 0.1) is 3.57 Å². The topological polar surface area (TPSA) is 29.5 Å². The summed E-state index contributed by atoms with van der Waals surface area (Å²) >= 11 is 2.20. The highest BCUT2D eigenvalue weighted by Crippen LogP contribution is 2.29. The standard InChI is InChI=1S/C12H15IO2/c13-11-8-9(14)6-7-12(11)15-10-4-2-1-3-5-10/h6-8,10,14H,1-5H2. The quantitative estimate of drug-likeness (QED) is 0.843. The SMILES string of the molecule is Oc1ccc(OC2CCCCC2)c(I)c1. The summed E-state index contributed by atoms with van der Waals surface area (Å²) in [6.45, 7) is 0. The minimum absolute atomic E-state index is 0.301. The Morgan fingerprint density at radius 2 is 1.93 bits per heavy atom. The van der Waals surface area contributed by atoms with Gasteiger partial charge in [-0.1, -0.05) is 6.42 Å². The second-order valence-corrected chi connectivity index (χ2v) is 5.15. The van der Waals surface area contributed by atoms with Gasteiger partial charge < -0.3 is 9.84 Å². The van der Waals surface area contributed by atoms with Crippen LogP contribution in [-0.4, -0.2) is 11.2 Å². The number of hydrogen-bond acceptors (Lipinski definition) is 2. The molecule has 1 aliphatic carbocycles. The van der Waals surface area contributed by atoms with Crippen LogP contribution < -0.4 is 4.74 Å². The molecule has 0 amide bonds. The Balaban J connectivity index is 2.03. The van der Waals surface area contributed by atoms with Crippen LogP contribution in [0.4, 0.5) is 0 Å². The van der Waals surface area contributed by atoms with Crippen LogP contribution in [0.1, 0.15) is 32.1 Å². The first kappa shape index (κ1) is 11.0. The van der Waals surface area contributed by atoms with Crippen molar-refractivity contribution in [1.29, 1.82) is 0 Å². The average Bonchev–Trinajstić information content (AvgIpc) is 2.24. The van der Waals surface area contributed by atoms with Crippen molar-refractivity contribution in [3.8, 4) is 11.5 Å². The lowest BCUT2D eigenvalue weighted by Crippen LogP contribution is -2.19. The second kappa shape index (κ2) is 5.05. The van der Waals surface area contributed by atoms with Gasteiger partial charge >= 0.3 is 0 Å². The minimum atomic E-state index is 0.301. The van der Waals surface area contributed by atoms with Gasteiger partial charge in [0.1, 0.15) is 11.5 Å². The van der Waals surface area contributed by atoms with Crippen molar-refractivity contribution < 1.29 is 9.84 Å². The van der Waals surface area contributed by atoms with Gasteiger partial charge in [-0.15, -0.1) is 0 Å². The van der Waals surface area contributed by atoms with E-state index in [1.165, 1.54) is 19.3 Å². The van der Waals surface area contributed by atoms with Gasteiger partial charge in [-0.3, -0.25) is 0 Å². The zero-order chi connectivity index (χ0) is 10.7. The predicted molar refractivity (Wildman–Crippen MR) is 68.3 cm³/mol. The second-order valence-electron chi connectivity index (χ2n) is 3.99. The summed E-state index contributed by atoms with van der Waals surface area (Å²) in [6, 6.07) is 5.27. The number of hydrogen-bond donors (Lipinski definition) is 1. The molecule has 0 heterocycles. The van der Waals surface area contributed by atoms with Gasteiger partial charge in [-0.05, 0) is 66.5 Å². The highest BCUT2D eigenvalue weighted by atomic mass is 127. The van der Waals surface area contributed by atoms with Gasteiger partial charge in [0.05, 0.1) is 9.67 Å². The number of rotatable bonds is 2. The number of phenols is 1. The molecular formula is C12H15IO2. The summed E-state index contributed by atoms with van der Waals surface area (Å²) in [5.74, 6) is 1.20. The van der Waals surface area contributed by atoms with Crippen LogP contribution in [0.25, 0.3) is 0 Å². The van der Waals surface area contributed by atoms with Gasteiger partial charge in [0.25, 0.3) is 0 Å². The zero-order valence-electron chi connectivity index (χ0n) is 8.58. The molecule has 0 radical (unpaired) electrons. The summed E-state index contributed by atoms with van der Waals surface area (Å²) in [4.78, 5) is 0. The van der Waals surface area contributed by atoms with Crippen LogP contribution in [0.3, 0.4) is 0 Å². The van der Waals surface area contributed by atoms with E-state index >= 15 is 0 Å². The van der Waals surface area contributed by atoms with Crippen molar-refractivity contribution in [1.82, 2.24) is 0 Å². The Kier molecular flexibility index (Phi) is 3.72. The number of benzene rings is 1. The molecule has 0 aromatic heterocycles. The molecule has 1 saturated carbocycles. The smallest absolute Gasteiger partial charge is 0.133 e. The number of ether oxygens (including phenoxy) is 1. The van der Waals surface area contributed by atoms with Crippen molar-refractivity contribution in [3.05, 3.63) is 21.8 Å². The van der Waals surface area contributed by atoms with E-state index in [9.17, 15) is 5.11 Å². The van der Waals surface area contributed by atoms with Crippen molar-refractivity contribution in [2.45, 2.75) is 38.2 Å². The lowest BCUT2D eigenvalue weighted by molar-refractivity contribution is 0.153. The molecule has 0 atom stereocenters. The molecule has 0 aliphatic heterocycles. The maximum atomic E-state index is 9.28. The maximum Gasteiger partial charge on any atom is 0.133 e. The van der Waals surface area contributed by atoms with E-state index in [1.807, 2.05) is 6.07 Å². The van der Waals surface area contributed by atoms with Crippen molar-refractivity contribution in [2.75, 3.05) is 0 Å². The molecule has 82 valence electrons. The Labute approximate surface area is 104 Å². The van der Waals surface area contributed by atoms with Crippen LogP contribution in [0.15, 0.2) is 18.2 Å². The number of phenolic OH excluding ortho intramolecular Hbond substituents is 1. The van der Waals surface area contributed by atoms with Gasteiger partial charge in [0.2, 0.25) is 0 Å². The average molecular weight is 318 g/mol. The lowest BCUT2D eigenvalue weighted by Gasteiger charge is -2.23. The van der Waals surface area contributed by atoms with E-state index in [0.29, 0.717) is 11.9 Å². The molecule has 1 aromatic rings. The largest absolute Gasteiger partial charge is 0.508 e. The van der Waals surface area contributed by atoms with Gasteiger partial charge in [0, 0.05) is 0 Å². The maximum absolute atomic E-state index is 9.28. The van der Waals surface area contributed by atoms with E-state index in [0.717, 1.165) is 22.2 Å². The molecule has 0 unspecified atom stereocenters. The van der Waals surface area contributed by atoms with Crippen molar-refractivity contribution in [2.24, 2.45) is 0 Å². The van der Waals surface area contributed by atoms with Crippen LogP contribution in [0.2, 0.25) is 0 Å². The molecule has 1 aliphatic rings. The number of halogens is 1. The Morgan fingerprint density at radius 1 is 1.20 bits per heavy atom. The highest BCUT2D eigenvalue weighted by Gasteiger charge is 2.15. The van der Waals surface area contributed by atoms with Crippen molar-refractivity contribution >= 4 is 22.6 Å². The molecule has 3 heteroatoms. The fraction of sp³-hybridized carbons (Fsp3) is 0.500. The lowest BCUT2D eigenvalue weighted by atomic mass is 9.98. The van der Waals surface area contributed by atoms with Crippen molar-refractivity contribution in [3.63, 3.8) is 0 Å². The Bertz CT molecular complexity index is 332. The third-order valence-corrected chi connectivity index (χ3v) is 3.60. The molecule has 1 fully saturated rings. The van der Waals surface area contributed by atoms with Crippen LogP contribution in [-0.2, 0) is 0 Å². The summed E-state index contributed by atoms with van der Waals surface area (Å²) in [7, 11) is 0. The van der Waals surface area contributed by atoms with E-state index in [1.54, 1.807) is 12.1 Å². The fourth-order valence-corrected chi connectivity index (χ4v) is 2.57. The number of aromatic hydroxyl groups is 1. The van der Waals surface area contributed by atoms with Crippen LogP contribution in [0.5, 0.6) is 11.5 Å². The molecule has 15 heavy (non-hydrogen) atoms. The molecule has 0 saturated heterocycles. The molecule has 2 nitrogen and oxygen atoms in total. The first-order chi connectivity index (χ1) is 7.25. The monoisotopic (exact) mass is 318 g/mol. The Morgan fingerprint density at radius 3 is 2.60 bits per heavy atom. The Hall–Kier alpha value is -0.450. The zero-order valence-corrected chi connectivity index (χ0v) is 10.7. The van der Waals surface area contributed by atoms with Crippen LogP contribution >= 0.6 is 22.6 Å². The third-order valence-electron chi connectivity index (χ3n) is 2.76. The molecule has 0 bridgehead atoms. The molecule has 1 aromatic carbocycles. The van der Waals surface area contributed by atoms with Gasteiger partial charge in [-0.2, -0.15) is 0 Å². The van der Waals surface area contributed by atoms with Gasteiger partial charge in [-0.25, -0.2) is 0 Å². The highest BCUT2D eigenvalue weighted by molar-refractivity contribution is 14.1. The van der Waals surface area contributed by atoms with E-state index in [4.69, 9.17) is 4.74 Å². The first-order valence-electron chi connectivity index (χ1n) is 5.41. The van der Waals surface area contributed by atoms with E-state index in [-0.39, 0.29) is 0 Å². The summed E-state index contributed by atoms with van der Waals surface area (Å²) in [6.07, 6.45) is 6.59. The molecule has 1 N–H and O–H groups in total. The van der Waals surface area contributed by atoms with E-state index in [2.05, 4.69) is 22.6 Å². The van der Waals surface area contributed by atoms with E-state index < -0.39 is 0 Å². The normalized spacial score (nSPS) is 17.7. The summed E-state index contributed by atoms with van der Waals surface area (Å²) in [5, 5.41) is 9.28. The summed E-state index contributed by atoms with van der Waals surface area (Å²) in [5.41, 5.74) is 0. The molecule has 0 spiro atoms. The minimum Gasteiger partial charge on any atom is -0.508 e. The summed E-state index contributed by atoms with van der Waals surface area (Å²) < 4.78 is 6.91. The first-order valence-corrected chi connectivity index (χ1v) is 6.49. The molecule has 2 rings (SSSR count). The van der Waals surface area contributed by atoms with Gasteiger partial charge in [0.15, 0.2) is 0 Å².